The van der Waals surface area contributed by atoms with Crippen LogP contribution in [0.3, 0.4) is 0 Å². The minimum absolute atomic E-state index is 0.103. The third kappa shape index (κ3) is 72.8. The molecule has 0 aliphatic heterocycles. The molecule has 3 unspecified atom stereocenters. The molecule has 0 amide bonds. The summed E-state index contributed by atoms with van der Waals surface area (Å²) in [5, 5.41) is 10.6. The first-order valence-corrected chi connectivity index (χ1v) is 44.4. The highest BCUT2D eigenvalue weighted by atomic mass is 31.2. The lowest BCUT2D eigenvalue weighted by atomic mass is 10.00. The van der Waals surface area contributed by atoms with E-state index in [1.165, 1.54) is 212 Å². The fraction of sp³-hybridized carbons (Fsp3) is 0.950. The van der Waals surface area contributed by atoms with Crippen molar-refractivity contribution in [1.29, 1.82) is 0 Å². The molecule has 19 heteroatoms. The van der Waals surface area contributed by atoms with Crippen LogP contribution in [0.2, 0.25) is 0 Å². The maximum absolute atomic E-state index is 13.1. The Labute approximate surface area is 607 Å². The topological polar surface area (TPSA) is 237 Å². The van der Waals surface area contributed by atoms with Gasteiger partial charge in [-0.15, -0.1) is 0 Å². The van der Waals surface area contributed by atoms with Gasteiger partial charge in [-0.3, -0.25) is 37.3 Å². The zero-order chi connectivity index (χ0) is 73.0. The number of ether oxygens (including phenoxy) is 4. The molecule has 0 bridgehead atoms. The Morgan fingerprint density at radius 2 is 0.515 bits per heavy atom. The Hall–Kier alpha value is -1.94. The lowest BCUT2D eigenvalue weighted by Crippen LogP contribution is -2.30. The molecule has 0 fully saturated rings. The maximum atomic E-state index is 13.1. The summed E-state index contributed by atoms with van der Waals surface area (Å²) in [6, 6.07) is 0. The number of esters is 4. The van der Waals surface area contributed by atoms with E-state index in [1.54, 1.807) is 0 Å². The van der Waals surface area contributed by atoms with Gasteiger partial charge in [0, 0.05) is 25.7 Å². The molecule has 588 valence electrons. The van der Waals surface area contributed by atoms with Crippen LogP contribution in [0.5, 0.6) is 0 Å². The third-order valence-corrected chi connectivity index (χ3v) is 20.9. The summed E-state index contributed by atoms with van der Waals surface area (Å²) in [6.45, 7) is 11.9. The number of aliphatic hydroxyl groups excluding tert-OH is 1. The first-order valence-electron chi connectivity index (χ1n) is 41.4. The molecular weight excluding hydrogens is 1290 g/mol. The highest BCUT2D eigenvalue weighted by molar-refractivity contribution is 7.47. The van der Waals surface area contributed by atoms with Crippen LogP contribution < -0.4 is 0 Å². The second kappa shape index (κ2) is 70.4. The smallest absolute Gasteiger partial charge is 0.462 e. The molecule has 0 heterocycles. The highest BCUT2D eigenvalue weighted by Gasteiger charge is 2.30. The van der Waals surface area contributed by atoms with Crippen LogP contribution in [-0.2, 0) is 65.4 Å². The second-order valence-electron chi connectivity index (χ2n) is 30.0. The Bertz CT molecular complexity index is 1920. The number of hydrogen-bond donors (Lipinski definition) is 3. The van der Waals surface area contributed by atoms with Gasteiger partial charge < -0.3 is 33.8 Å². The number of phosphoric acid groups is 2. The van der Waals surface area contributed by atoms with Crippen LogP contribution in [0.25, 0.3) is 0 Å². The van der Waals surface area contributed by atoms with E-state index >= 15 is 0 Å². The Morgan fingerprint density at radius 1 is 0.293 bits per heavy atom. The number of phosphoric ester groups is 2. The van der Waals surface area contributed by atoms with Gasteiger partial charge in [0.25, 0.3) is 0 Å². The van der Waals surface area contributed by atoms with Gasteiger partial charge in [0.15, 0.2) is 12.2 Å². The maximum Gasteiger partial charge on any atom is 0.472 e. The van der Waals surface area contributed by atoms with Crippen LogP contribution >= 0.6 is 15.6 Å². The minimum atomic E-state index is -4.96. The molecule has 0 spiro atoms. The summed E-state index contributed by atoms with van der Waals surface area (Å²) in [6.07, 6.45) is 58.7. The highest BCUT2D eigenvalue weighted by Crippen LogP contribution is 2.45. The molecule has 0 rings (SSSR count). The summed E-state index contributed by atoms with van der Waals surface area (Å²) < 4.78 is 68.5. The normalized spacial score (nSPS) is 14.3. The van der Waals surface area contributed by atoms with Crippen molar-refractivity contribution in [2.45, 2.75) is 433 Å². The van der Waals surface area contributed by atoms with Gasteiger partial charge in [0.05, 0.1) is 26.4 Å². The fourth-order valence-electron chi connectivity index (χ4n) is 12.3. The first-order chi connectivity index (χ1) is 47.8. The van der Waals surface area contributed by atoms with Crippen LogP contribution in [0.4, 0.5) is 0 Å². The summed E-state index contributed by atoms with van der Waals surface area (Å²) in [5.41, 5.74) is 0. The first kappa shape index (κ1) is 97.1. The predicted molar refractivity (Wildman–Crippen MR) is 405 cm³/mol. The quantitative estimate of drug-likeness (QED) is 0.0222. The second-order valence-corrected chi connectivity index (χ2v) is 32.9. The largest absolute Gasteiger partial charge is 0.472 e. The Kier molecular flexibility index (Phi) is 69.0. The van der Waals surface area contributed by atoms with E-state index < -0.39 is 97.5 Å². The molecule has 0 radical (unpaired) electrons. The zero-order valence-corrected chi connectivity index (χ0v) is 66.8. The van der Waals surface area contributed by atoms with Crippen molar-refractivity contribution in [2.75, 3.05) is 39.6 Å². The van der Waals surface area contributed by atoms with Crippen LogP contribution in [-0.4, -0.2) is 96.7 Å². The summed E-state index contributed by atoms with van der Waals surface area (Å²) >= 11 is 0. The SMILES string of the molecule is CCCCCCCCCC(=O)OC[C@H](COP(=O)(O)OC[C@H](O)COP(=O)(O)OC[C@@H](COC(=O)CCCCCCCCCCCCCCCCCCCCC(C)C)OC(=O)CCCCCCCCCCCCCCCCCCCCC(C)C)OC(=O)CCCCCCCCC(C)CC. The van der Waals surface area contributed by atoms with E-state index in [2.05, 4.69) is 48.5 Å². The standard InChI is InChI=1S/C80H156O17P2/c1-8-10-11-12-37-47-54-61-77(82)90-67-76(97-80(85)64-57-50-43-42-46-53-60-73(7)9-2)70-95-99(88,89)93-66-74(81)65-92-98(86,87)94-69-75(96-79(84)63-56-49-41-36-32-28-24-20-16-14-18-22-26-30-34-39-45-52-59-72(5)6)68-91-78(83)62-55-48-40-35-31-27-23-19-15-13-17-21-25-29-33-38-44-51-58-71(3)4/h71-76,81H,8-70H2,1-7H3,(H,86,87)(H,88,89)/t73?,74-,75-,76-/m1/s1. The van der Waals surface area contributed by atoms with Crippen molar-refractivity contribution in [3.8, 4) is 0 Å². The molecule has 0 aromatic heterocycles. The van der Waals surface area contributed by atoms with Gasteiger partial charge in [-0.2, -0.15) is 0 Å². The Morgan fingerprint density at radius 3 is 0.768 bits per heavy atom. The molecular formula is C80H156O17P2. The lowest BCUT2D eigenvalue weighted by Gasteiger charge is -2.21. The number of carbonyl (C=O) groups excluding carboxylic acids is 4. The van der Waals surface area contributed by atoms with Crippen LogP contribution in [0.15, 0.2) is 0 Å². The summed E-state index contributed by atoms with van der Waals surface area (Å²) in [5.74, 6) is 0.242. The molecule has 0 aromatic rings. The van der Waals surface area contributed by atoms with Crippen LogP contribution in [0.1, 0.15) is 414 Å². The number of unbranched alkanes of at least 4 members (excludes halogenated alkanes) is 45. The van der Waals surface area contributed by atoms with Crippen molar-refractivity contribution in [3.05, 3.63) is 0 Å². The van der Waals surface area contributed by atoms with Crippen molar-refractivity contribution in [3.63, 3.8) is 0 Å². The fourth-order valence-corrected chi connectivity index (χ4v) is 13.9. The van der Waals surface area contributed by atoms with Gasteiger partial charge in [-0.1, -0.05) is 363 Å². The number of rotatable bonds is 78. The average molecular weight is 1450 g/mol. The van der Waals surface area contributed by atoms with E-state index in [9.17, 15) is 43.2 Å². The molecule has 6 atom stereocenters. The van der Waals surface area contributed by atoms with Crippen molar-refractivity contribution < 1.29 is 80.2 Å². The molecule has 0 aliphatic carbocycles. The third-order valence-electron chi connectivity index (χ3n) is 19.0. The van der Waals surface area contributed by atoms with Crippen molar-refractivity contribution in [1.82, 2.24) is 0 Å². The average Bonchev–Trinajstić information content (AvgIpc) is 1.06. The monoisotopic (exact) mass is 1450 g/mol. The molecule has 0 aromatic carbocycles. The van der Waals surface area contributed by atoms with Crippen molar-refractivity contribution >= 4 is 39.5 Å². The molecule has 17 nitrogen and oxygen atoms in total. The lowest BCUT2D eigenvalue weighted by molar-refractivity contribution is -0.161. The molecule has 0 aliphatic rings. The number of hydrogen-bond acceptors (Lipinski definition) is 15. The van der Waals surface area contributed by atoms with E-state index in [1.807, 2.05) is 0 Å². The van der Waals surface area contributed by atoms with Gasteiger partial charge in [-0.25, -0.2) is 9.13 Å². The molecule has 3 N–H and O–H groups in total. The van der Waals surface area contributed by atoms with E-state index in [0.717, 1.165) is 120 Å². The van der Waals surface area contributed by atoms with E-state index in [0.29, 0.717) is 25.7 Å². The number of carbonyl (C=O) groups is 4. The summed E-state index contributed by atoms with van der Waals surface area (Å²) in [4.78, 5) is 72.7. The van der Waals surface area contributed by atoms with Crippen LogP contribution in [0, 0.1) is 17.8 Å². The van der Waals surface area contributed by atoms with Gasteiger partial charge in [0.2, 0.25) is 0 Å². The van der Waals surface area contributed by atoms with Gasteiger partial charge in [-0.05, 0) is 43.4 Å². The molecule has 99 heavy (non-hydrogen) atoms. The molecule has 0 saturated carbocycles. The minimum Gasteiger partial charge on any atom is -0.462 e. The zero-order valence-electron chi connectivity index (χ0n) is 65.0. The van der Waals surface area contributed by atoms with Gasteiger partial charge in [0.1, 0.15) is 19.3 Å². The van der Waals surface area contributed by atoms with Gasteiger partial charge >= 0.3 is 39.5 Å². The molecule has 0 saturated heterocycles. The predicted octanol–water partition coefficient (Wildman–Crippen LogP) is 23.7. The Balaban J connectivity index is 5.14. The van der Waals surface area contributed by atoms with E-state index in [4.69, 9.17) is 37.0 Å². The van der Waals surface area contributed by atoms with E-state index in [-0.39, 0.29) is 25.7 Å². The summed E-state index contributed by atoms with van der Waals surface area (Å²) in [7, 11) is -9.91. The number of aliphatic hydroxyl groups is 1. The van der Waals surface area contributed by atoms with Crippen molar-refractivity contribution in [2.24, 2.45) is 17.8 Å².